The van der Waals surface area contributed by atoms with Gasteiger partial charge in [0.05, 0.1) is 19.3 Å². The maximum absolute atomic E-state index is 5.50. The number of methoxy groups -OCH3 is 1. The summed E-state index contributed by atoms with van der Waals surface area (Å²) in [6.07, 6.45) is 3.07. The number of benzene rings is 1. The Morgan fingerprint density at radius 1 is 1.31 bits per heavy atom. The summed E-state index contributed by atoms with van der Waals surface area (Å²) in [4.78, 5) is 0. The molecule has 1 fully saturated rings. The first kappa shape index (κ1) is 7.39. The van der Waals surface area contributed by atoms with E-state index in [0.717, 1.165) is 18.6 Å². The molecule has 0 aromatic heterocycles. The van der Waals surface area contributed by atoms with Crippen molar-refractivity contribution in [1.82, 2.24) is 0 Å². The third kappa shape index (κ3) is 1.05. The molecule has 2 nitrogen and oxygen atoms in total. The van der Waals surface area contributed by atoms with Crippen LogP contribution in [0.5, 0.6) is 5.75 Å². The molecule has 0 bridgehead atoms. The Labute approximate surface area is 77.5 Å². The van der Waals surface area contributed by atoms with Gasteiger partial charge >= 0.3 is 0 Å². The molecule has 0 radical (unpaired) electrons. The number of rotatable bonds is 1. The summed E-state index contributed by atoms with van der Waals surface area (Å²) in [7, 11) is 1.73. The molecule has 0 unspecified atom stereocenters. The lowest BCUT2D eigenvalue weighted by molar-refractivity contribution is 0.372. The first-order valence-electron chi connectivity index (χ1n) is 4.68. The van der Waals surface area contributed by atoms with Gasteiger partial charge in [0, 0.05) is 18.4 Å². The predicted molar refractivity (Wildman–Crippen MR) is 49.1 cm³/mol. The highest BCUT2D eigenvalue weighted by molar-refractivity contribution is 5.44. The molecule has 1 aromatic rings. The maximum atomic E-state index is 5.50. The van der Waals surface area contributed by atoms with Gasteiger partial charge in [0.15, 0.2) is 0 Å². The Kier molecular flexibility index (Phi) is 1.41. The van der Waals surface area contributed by atoms with Crippen LogP contribution < -0.4 is 4.74 Å². The van der Waals surface area contributed by atoms with Crippen molar-refractivity contribution in [2.24, 2.45) is 0 Å². The van der Waals surface area contributed by atoms with Crippen LogP contribution in [0.15, 0.2) is 18.2 Å². The second-order valence-corrected chi connectivity index (χ2v) is 3.72. The molecule has 0 amide bonds. The third-order valence-electron chi connectivity index (χ3n) is 2.96. The van der Waals surface area contributed by atoms with Crippen molar-refractivity contribution in [2.75, 3.05) is 7.11 Å². The number of hydrogen-bond donors (Lipinski definition) is 0. The van der Waals surface area contributed by atoms with Crippen molar-refractivity contribution in [1.29, 1.82) is 0 Å². The van der Waals surface area contributed by atoms with E-state index in [1.807, 2.05) is 6.07 Å². The largest absolute Gasteiger partial charge is 0.496 e. The fourth-order valence-corrected chi connectivity index (χ4v) is 2.18. The van der Waals surface area contributed by atoms with Crippen molar-refractivity contribution in [3.05, 3.63) is 29.3 Å². The third-order valence-corrected chi connectivity index (χ3v) is 2.96. The summed E-state index contributed by atoms with van der Waals surface area (Å²) < 4.78 is 10.8. The number of ether oxygens (including phenoxy) is 2. The van der Waals surface area contributed by atoms with E-state index in [1.54, 1.807) is 7.11 Å². The molecule has 13 heavy (non-hydrogen) atoms. The monoisotopic (exact) mass is 176 g/mol. The van der Waals surface area contributed by atoms with Gasteiger partial charge in [-0.2, -0.15) is 0 Å². The molecule has 68 valence electrons. The first-order valence-corrected chi connectivity index (χ1v) is 4.68. The van der Waals surface area contributed by atoms with Crippen LogP contribution in [0.1, 0.15) is 11.1 Å². The standard InChI is InChI=1S/C11H12O2/c1-12-9-4-2-3-7-5-10-11(13-10)6-8(7)9/h2-4,10-11H,5-6H2,1H3/t10-,11-/m1/s1. The van der Waals surface area contributed by atoms with Crippen molar-refractivity contribution < 1.29 is 9.47 Å². The van der Waals surface area contributed by atoms with E-state index in [1.165, 1.54) is 11.1 Å². The van der Waals surface area contributed by atoms with Gasteiger partial charge in [-0.05, 0) is 11.6 Å². The zero-order valence-corrected chi connectivity index (χ0v) is 7.62. The topological polar surface area (TPSA) is 21.8 Å². The second kappa shape index (κ2) is 2.48. The highest BCUT2D eigenvalue weighted by Gasteiger charge is 2.43. The van der Waals surface area contributed by atoms with E-state index in [-0.39, 0.29) is 0 Å². The number of hydrogen-bond acceptors (Lipinski definition) is 2. The Morgan fingerprint density at radius 3 is 3.00 bits per heavy atom. The molecule has 2 atom stereocenters. The van der Waals surface area contributed by atoms with Crippen LogP contribution >= 0.6 is 0 Å². The van der Waals surface area contributed by atoms with E-state index < -0.39 is 0 Å². The zero-order chi connectivity index (χ0) is 8.84. The molecular formula is C11H12O2. The highest BCUT2D eigenvalue weighted by atomic mass is 16.6. The minimum Gasteiger partial charge on any atom is -0.496 e. The van der Waals surface area contributed by atoms with E-state index in [9.17, 15) is 0 Å². The fourth-order valence-electron chi connectivity index (χ4n) is 2.18. The molecule has 1 aromatic carbocycles. The summed E-state index contributed by atoms with van der Waals surface area (Å²) in [5.41, 5.74) is 2.75. The predicted octanol–water partition coefficient (Wildman–Crippen LogP) is 1.56. The van der Waals surface area contributed by atoms with Crippen LogP contribution in [0, 0.1) is 0 Å². The summed E-state index contributed by atoms with van der Waals surface area (Å²) >= 11 is 0. The minimum atomic E-state index is 0.476. The molecule has 0 N–H and O–H groups in total. The average molecular weight is 176 g/mol. The molecule has 3 rings (SSSR count). The summed E-state index contributed by atoms with van der Waals surface area (Å²) in [6, 6.07) is 6.26. The summed E-state index contributed by atoms with van der Waals surface area (Å²) in [5, 5.41) is 0. The molecule has 1 heterocycles. The van der Waals surface area contributed by atoms with E-state index in [2.05, 4.69) is 12.1 Å². The Bertz CT molecular complexity index is 346. The molecule has 2 aliphatic rings. The van der Waals surface area contributed by atoms with Gasteiger partial charge < -0.3 is 9.47 Å². The van der Waals surface area contributed by atoms with Gasteiger partial charge in [0.1, 0.15) is 5.75 Å². The molecule has 0 spiro atoms. The molecule has 1 aliphatic heterocycles. The Balaban J connectivity index is 2.07. The van der Waals surface area contributed by atoms with Crippen molar-refractivity contribution >= 4 is 0 Å². The molecule has 1 saturated heterocycles. The van der Waals surface area contributed by atoms with Crippen molar-refractivity contribution in [3.8, 4) is 5.75 Å². The van der Waals surface area contributed by atoms with E-state index in [4.69, 9.17) is 9.47 Å². The smallest absolute Gasteiger partial charge is 0.122 e. The molecule has 1 aliphatic carbocycles. The minimum absolute atomic E-state index is 0.476. The van der Waals surface area contributed by atoms with Gasteiger partial charge in [-0.25, -0.2) is 0 Å². The van der Waals surface area contributed by atoms with Crippen molar-refractivity contribution in [3.63, 3.8) is 0 Å². The molecule has 2 heteroatoms. The Morgan fingerprint density at radius 2 is 2.15 bits per heavy atom. The lowest BCUT2D eigenvalue weighted by atomic mass is 9.91. The van der Waals surface area contributed by atoms with Crippen LogP contribution in [0.3, 0.4) is 0 Å². The zero-order valence-electron chi connectivity index (χ0n) is 7.62. The highest BCUT2D eigenvalue weighted by Crippen LogP contribution is 2.39. The SMILES string of the molecule is COc1cccc2c1C[C@H]1O[C@@H]1C2. The normalized spacial score (nSPS) is 29.0. The number of fused-ring (bicyclic) bond motifs is 2. The van der Waals surface area contributed by atoms with Crippen LogP contribution in [0.25, 0.3) is 0 Å². The van der Waals surface area contributed by atoms with Gasteiger partial charge in [-0.15, -0.1) is 0 Å². The lowest BCUT2D eigenvalue weighted by Crippen LogP contribution is -2.12. The lowest BCUT2D eigenvalue weighted by Gasteiger charge is -2.15. The molecule has 0 saturated carbocycles. The van der Waals surface area contributed by atoms with Crippen LogP contribution in [0.2, 0.25) is 0 Å². The van der Waals surface area contributed by atoms with Crippen LogP contribution in [-0.4, -0.2) is 19.3 Å². The maximum Gasteiger partial charge on any atom is 0.122 e. The Hall–Kier alpha value is -1.02. The molecular weight excluding hydrogens is 164 g/mol. The quantitative estimate of drug-likeness (QED) is 0.606. The average Bonchev–Trinajstić information content (AvgIpc) is 2.91. The van der Waals surface area contributed by atoms with E-state index in [0.29, 0.717) is 12.2 Å². The second-order valence-electron chi connectivity index (χ2n) is 3.72. The summed E-state index contributed by atoms with van der Waals surface area (Å²) in [6.45, 7) is 0. The van der Waals surface area contributed by atoms with E-state index >= 15 is 0 Å². The van der Waals surface area contributed by atoms with Gasteiger partial charge in [-0.3, -0.25) is 0 Å². The van der Waals surface area contributed by atoms with Crippen LogP contribution in [-0.2, 0) is 17.6 Å². The van der Waals surface area contributed by atoms with Crippen LogP contribution in [0.4, 0.5) is 0 Å². The summed E-state index contributed by atoms with van der Waals surface area (Å²) in [5.74, 6) is 1.02. The fraction of sp³-hybridized carbons (Fsp3) is 0.455. The van der Waals surface area contributed by atoms with Gasteiger partial charge in [-0.1, -0.05) is 12.1 Å². The first-order chi connectivity index (χ1) is 6.38. The van der Waals surface area contributed by atoms with Gasteiger partial charge in [0.25, 0.3) is 0 Å². The van der Waals surface area contributed by atoms with Gasteiger partial charge in [0.2, 0.25) is 0 Å². The number of epoxide rings is 1. The van der Waals surface area contributed by atoms with Crippen molar-refractivity contribution in [2.45, 2.75) is 25.0 Å².